The monoisotopic (exact) mass is 380 g/mol. The first-order chi connectivity index (χ1) is 13.5. The van der Waals surface area contributed by atoms with Crippen LogP contribution in [-0.2, 0) is 17.6 Å². The van der Waals surface area contributed by atoms with Gasteiger partial charge in [-0.2, -0.15) is 0 Å². The maximum atomic E-state index is 12.5. The summed E-state index contributed by atoms with van der Waals surface area (Å²) < 4.78 is 1.59. The lowest BCUT2D eigenvalue weighted by Gasteiger charge is -2.09. The number of benzene rings is 1. The van der Waals surface area contributed by atoms with Crippen LogP contribution in [0, 0.1) is 0 Å². The molecule has 2 aromatic heterocycles. The lowest BCUT2D eigenvalue weighted by molar-refractivity contribution is -0.135. The molecule has 0 aliphatic heterocycles. The molecule has 4 rings (SSSR count). The third kappa shape index (κ3) is 3.66. The van der Waals surface area contributed by atoms with Crippen molar-refractivity contribution in [2.75, 3.05) is 6.54 Å². The van der Waals surface area contributed by atoms with Gasteiger partial charge in [-0.1, -0.05) is 24.3 Å². The van der Waals surface area contributed by atoms with Crippen LogP contribution in [-0.4, -0.2) is 38.1 Å². The molecule has 0 saturated heterocycles. The quantitative estimate of drug-likeness (QED) is 0.574. The number of nitrogens with one attached hydrogen (secondary N) is 2. The smallest absolute Gasteiger partial charge is 0.322 e. The molecule has 3 N–H and O–H groups in total. The van der Waals surface area contributed by atoms with E-state index in [1.165, 1.54) is 36.4 Å². The molecule has 0 bridgehead atoms. The van der Waals surface area contributed by atoms with E-state index in [0.29, 0.717) is 12.1 Å². The summed E-state index contributed by atoms with van der Waals surface area (Å²) >= 11 is 0. The van der Waals surface area contributed by atoms with Gasteiger partial charge in [0, 0.05) is 11.8 Å². The summed E-state index contributed by atoms with van der Waals surface area (Å²) in [5.74, 6) is -1.22. The van der Waals surface area contributed by atoms with Gasteiger partial charge < -0.3 is 10.4 Å². The van der Waals surface area contributed by atoms with Gasteiger partial charge >= 0.3 is 5.97 Å². The van der Waals surface area contributed by atoms with Crippen LogP contribution in [0.5, 0.6) is 0 Å². The molecule has 1 saturated carbocycles. The lowest BCUT2D eigenvalue weighted by atomic mass is 10.0. The van der Waals surface area contributed by atoms with Gasteiger partial charge in [0.15, 0.2) is 11.1 Å². The van der Waals surface area contributed by atoms with E-state index in [0.717, 1.165) is 12.3 Å². The van der Waals surface area contributed by atoms with Crippen LogP contribution < -0.4 is 10.7 Å². The molecule has 1 aliphatic rings. The van der Waals surface area contributed by atoms with E-state index in [-0.39, 0.29) is 11.2 Å². The predicted octanol–water partition coefficient (Wildman–Crippen LogP) is 1.50. The number of H-pyrrole nitrogens is 1. The summed E-state index contributed by atoms with van der Waals surface area (Å²) in [6, 6.07) is 9.98. The van der Waals surface area contributed by atoms with Crippen molar-refractivity contribution in [3.05, 3.63) is 69.3 Å². The van der Waals surface area contributed by atoms with Crippen molar-refractivity contribution in [3.63, 3.8) is 0 Å². The van der Waals surface area contributed by atoms with Crippen LogP contribution in [0.15, 0.2) is 41.5 Å². The highest BCUT2D eigenvalue weighted by molar-refractivity contribution is 6.00. The molecule has 1 fully saturated rings. The molecule has 2 heterocycles. The number of hydrogen-bond donors (Lipinski definition) is 3. The fourth-order valence-electron chi connectivity index (χ4n) is 3.35. The average Bonchev–Trinajstić information content (AvgIpc) is 3.42. The molecule has 1 amide bonds. The molecule has 28 heavy (non-hydrogen) atoms. The first-order valence-electron chi connectivity index (χ1n) is 9.20. The van der Waals surface area contributed by atoms with Crippen molar-refractivity contribution in [1.29, 1.82) is 0 Å². The number of aryl methyl sites for hydroxylation is 2. The minimum absolute atomic E-state index is 0.167. The number of hydrogen-bond acceptors (Lipinski definition) is 4. The molecule has 0 radical (unpaired) electrons. The molecular formula is C20H20N4O4. The maximum Gasteiger partial charge on any atom is 0.322 e. The number of nitrogens with zero attached hydrogens (tertiary/aromatic N) is 2. The zero-order valence-electron chi connectivity index (χ0n) is 15.1. The van der Waals surface area contributed by atoms with Crippen LogP contribution in [0.2, 0.25) is 0 Å². The number of aromatic nitrogens is 3. The Bertz CT molecular complexity index is 1090. The van der Waals surface area contributed by atoms with Gasteiger partial charge in [-0.15, -0.1) is 0 Å². The molecule has 3 aromatic rings. The molecule has 144 valence electrons. The third-order valence-electron chi connectivity index (χ3n) is 4.97. The SMILES string of the molecule is O=C(O)CNC(=O)c1c(=O)cc(CCc2ccc(C3CC3)cc2)n2[nH]cnc12. The normalized spacial score (nSPS) is 13.6. The number of aromatic amines is 1. The summed E-state index contributed by atoms with van der Waals surface area (Å²) in [5.41, 5.74) is 2.81. The third-order valence-corrected chi connectivity index (χ3v) is 4.97. The van der Waals surface area contributed by atoms with Gasteiger partial charge in [-0.3, -0.25) is 19.5 Å². The zero-order valence-corrected chi connectivity index (χ0v) is 15.1. The van der Waals surface area contributed by atoms with E-state index in [1.54, 1.807) is 4.52 Å². The minimum Gasteiger partial charge on any atom is -0.480 e. The van der Waals surface area contributed by atoms with Crippen molar-refractivity contribution in [2.45, 2.75) is 31.6 Å². The van der Waals surface area contributed by atoms with Gasteiger partial charge in [0.25, 0.3) is 5.91 Å². The number of carbonyl (C=O) groups excluding carboxylic acids is 1. The molecule has 8 heteroatoms. The standard InChI is InChI=1S/C20H20N4O4/c25-16-9-15(8-3-12-1-4-13(5-2-12)14-6-7-14)24-19(22-11-23-24)18(16)20(28)21-10-17(26)27/h1-2,4-5,9,11,14H,3,6-8,10H2,(H,21,28)(H,22,23)(H,26,27). The summed E-state index contributed by atoms with van der Waals surface area (Å²) in [7, 11) is 0. The van der Waals surface area contributed by atoms with Gasteiger partial charge in [0.05, 0.1) is 0 Å². The molecule has 0 atom stereocenters. The van der Waals surface area contributed by atoms with E-state index >= 15 is 0 Å². The first-order valence-corrected chi connectivity index (χ1v) is 9.20. The highest BCUT2D eigenvalue weighted by Crippen LogP contribution is 2.39. The maximum absolute atomic E-state index is 12.5. The molecule has 0 spiro atoms. The number of carboxylic acid groups (broad SMARTS) is 1. The molecule has 0 unspecified atom stereocenters. The Morgan fingerprint density at radius 3 is 2.64 bits per heavy atom. The summed E-state index contributed by atoms with van der Waals surface area (Å²) in [6.45, 7) is -0.562. The second-order valence-corrected chi connectivity index (χ2v) is 7.01. The topological polar surface area (TPSA) is 117 Å². The van der Waals surface area contributed by atoms with E-state index in [2.05, 4.69) is 39.7 Å². The van der Waals surface area contributed by atoms with Crippen LogP contribution in [0.25, 0.3) is 5.65 Å². The Labute approximate surface area is 160 Å². The number of aliphatic carboxylic acids is 1. The highest BCUT2D eigenvalue weighted by atomic mass is 16.4. The number of carbonyl (C=O) groups is 2. The van der Waals surface area contributed by atoms with Crippen LogP contribution >= 0.6 is 0 Å². The van der Waals surface area contributed by atoms with Crippen molar-refractivity contribution in [3.8, 4) is 0 Å². The van der Waals surface area contributed by atoms with Gasteiger partial charge in [0.2, 0.25) is 0 Å². The number of pyridine rings is 1. The molecule has 8 nitrogen and oxygen atoms in total. The molecular weight excluding hydrogens is 360 g/mol. The molecule has 1 aromatic carbocycles. The first kappa shape index (κ1) is 18.0. The average molecular weight is 380 g/mol. The number of rotatable bonds is 7. The van der Waals surface area contributed by atoms with Crippen LogP contribution in [0.4, 0.5) is 0 Å². The Balaban J connectivity index is 1.55. The summed E-state index contributed by atoms with van der Waals surface area (Å²) in [6.07, 6.45) is 5.28. The summed E-state index contributed by atoms with van der Waals surface area (Å²) in [5, 5.41) is 13.8. The van der Waals surface area contributed by atoms with Crippen molar-refractivity contribution >= 4 is 17.5 Å². The Morgan fingerprint density at radius 1 is 1.21 bits per heavy atom. The minimum atomic E-state index is -1.18. The van der Waals surface area contributed by atoms with Gasteiger partial charge in [-0.05, 0) is 42.7 Å². The second-order valence-electron chi connectivity index (χ2n) is 7.01. The number of carboxylic acids is 1. The van der Waals surface area contributed by atoms with Crippen molar-refractivity contribution < 1.29 is 14.7 Å². The Morgan fingerprint density at radius 2 is 1.96 bits per heavy atom. The van der Waals surface area contributed by atoms with Crippen LogP contribution in [0.1, 0.15) is 45.9 Å². The fourth-order valence-corrected chi connectivity index (χ4v) is 3.35. The lowest BCUT2D eigenvalue weighted by Crippen LogP contribution is -2.33. The number of fused-ring (bicyclic) bond motifs is 1. The fraction of sp³-hybridized carbons (Fsp3) is 0.300. The summed E-state index contributed by atoms with van der Waals surface area (Å²) in [4.78, 5) is 39.5. The Kier molecular flexibility index (Phi) is 4.68. The van der Waals surface area contributed by atoms with Gasteiger partial charge in [0.1, 0.15) is 18.4 Å². The largest absolute Gasteiger partial charge is 0.480 e. The van der Waals surface area contributed by atoms with E-state index in [9.17, 15) is 14.4 Å². The van der Waals surface area contributed by atoms with Gasteiger partial charge in [-0.25, -0.2) is 9.50 Å². The second kappa shape index (κ2) is 7.30. The molecule has 1 aliphatic carbocycles. The zero-order chi connectivity index (χ0) is 19.7. The number of amides is 1. The van der Waals surface area contributed by atoms with Crippen LogP contribution in [0.3, 0.4) is 0 Å². The predicted molar refractivity (Wildman–Crippen MR) is 102 cm³/mol. The van der Waals surface area contributed by atoms with Crippen molar-refractivity contribution in [2.24, 2.45) is 0 Å². The van der Waals surface area contributed by atoms with E-state index < -0.39 is 23.9 Å². The van der Waals surface area contributed by atoms with Crippen molar-refractivity contribution in [1.82, 2.24) is 19.9 Å². The Hall–Kier alpha value is -3.42. The highest BCUT2D eigenvalue weighted by Gasteiger charge is 2.23. The van der Waals surface area contributed by atoms with E-state index in [1.807, 2.05) is 0 Å². The van der Waals surface area contributed by atoms with E-state index in [4.69, 9.17) is 5.11 Å².